The lowest BCUT2D eigenvalue weighted by atomic mass is 10.1. The molecule has 7 nitrogen and oxygen atoms in total. The van der Waals surface area contributed by atoms with Crippen LogP contribution < -0.4 is 10.6 Å². The first kappa shape index (κ1) is 29.4. The Morgan fingerprint density at radius 1 is 0.825 bits per heavy atom. The van der Waals surface area contributed by atoms with E-state index in [-0.39, 0.29) is 5.91 Å². The molecule has 0 atom stereocenters. The van der Waals surface area contributed by atoms with E-state index in [0.717, 1.165) is 51.1 Å². The highest BCUT2D eigenvalue weighted by Gasteiger charge is 2.21. The molecule has 0 aliphatic carbocycles. The highest BCUT2D eigenvalue weighted by molar-refractivity contribution is 6.30. The number of hydrogen-bond donors (Lipinski definition) is 1. The van der Waals surface area contributed by atoms with Crippen LogP contribution in [0.4, 0.5) is 10.5 Å². The molecule has 2 N–H and O–H groups in total. The van der Waals surface area contributed by atoms with Crippen LogP contribution >= 0.6 is 11.6 Å². The van der Waals surface area contributed by atoms with E-state index in [2.05, 4.69) is 58.3 Å². The van der Waals surface area contributed by atoms with Crippen molar-refractivity contribution in [3.8, 4) is 0 Å². The molecule has 3 aromatic rings. The minimum absolute atomic E-state index is 0.206. The highest BCUT2D eigenvalue weighted by Crippen LogP contribution is 2.24. The Kier molecular flexibility index (Phi) is 10.8. The predicted octanol–water partition coefficient (Wildman–Crippen LogP) is 5.02. The second-order valence-electron chi connectivity index (χ2n) is 10.4. The van der Waals surface area contributed by atoms with Gasteiger partial charge in [0.15, 0.2) is 0 Å². The minimum Gasteiger partial charge on any atom is -0.369 e. The molecule has 1 heterocycles. The van der Waals surface area contributed by atoms with Crippen molar-refractivity contribution in [2.75, 3.05) is 51.2 Å². The standard InChI is InChI=1S/C32H40ClN5O2/c1-35(32(34)40)20-21-36(24-27-8-3-2-4-9-27)25-28-10-5-6-11-30(28)37-18-7-19-38(23-22-37)31(39)17-14-26-12-15-29(33)16-13-26/h2-6,8-13,15-16H,7,14,17-25H2,1H3,(H2,34,40). The van der Waals surface area contributed by atoms with Crippen LogP contribution in [0.15, 0.2) is 78.9 Å². The molecule has 0 spiro atoms. The number of nitrogens with two attached hydrogens (primary N) is 1. The van der Waals surface area contributed by atoms with Crippen molar-refractivity contribution in [1.29, 1.82) is 0 Å². The Hall–Kier alpha value is -3.55. The van der Waals surface area contributed by atoms with Crippen LogP contribution in [0.2, 0.25) is 5.02 Å². The van der Waals surface area contributed by atoms with Gasteiger partial charge in [0.1, 0.15) is 0 Å². The third kappa shape index (κ3) is 8.73. The third-order valence-corrected chi connectivity index (χ3v) is 7.74. The molecule has 0 bridgehead atoms. The topological polar surface area (TPSA) is 73.1 Å². The molecule has 1 saturated heterocycles. The quantitative estimate of drug-likeness (QED) is 0.357. The predicted molar refractivity (Wildman–Crippen MR) is 162 cm³/mol. The van der Waals surface area contributed by atoms with Crippen LogP contribution in [-0.4, -0.2) is 73.0 Å². The lowest BCUT2D eigenvalue weighted by Crippen LogP contribution is -2.39. The zero-order chi connectivity index (χ0) is 28.3. The number of halogens is 1. The first-order chi connectivity index (χ1) is 19.4. The monoisotopic (exact) mass is 561 g/mol. The minimum atomic E-state index is -0.420. The first-order valence-corrected chi connectivity index (χ1v) is 14.4. The Morgan fingerprint density at radius 2 is 1.55 bits per heavy atom. The van der Waals surface area contributed by atoms with Gasteiger partial charge in [-0.1, -0.05) is 72.3 Å². The number of benzene rings is 3. The highest BCUT2D eigenvalue weighted by atomic mass is 35.5. The van der Waals surface area contributed by atoms with E-state index in [1.807, 2.05) is 35.2 Å². The van der Waals surface area contributed by atoms with Crippen molar-refractivity contribution in [3.05, 3.63) is 101 Å². The Morgan fingerprint density at radius 3 is 2.30 bits per heavy atom. The SMILES string of the molecule is CN(CCN(Cc1ccccc1)Cc1ccccc1N1CCCN(C(=O)CCc2ccc(Cl)cc2)CC1)C(N)=O. The number of anilines is 1. The van der Waals surface area contributed by atoms with Crippen molar-refractivity contribution in [2.24, 2.45) is 5.73 Å². The molecule has 0 unspecified atom stereocenters. The number of urea groups is 1. The number of amides is 3. The van der Waals surface area contributed by atoms with E-state index < -0.39 is 6.03 Å². The summed E-state index contributed by atoms with van der Waals surface area (Å²) in [7, 11) is 1.73. The second-order valence-corrected chi connectivity index (χ2v) is 10.9. The van der Waals surface area contributed by atoms with Gasteiger partial charge in [-0.2, -0.15) is 0 Å². The van der Waals surface area contributed by atoms with Crippen LogP contribution in [0, 0.1) is 0 Å². The third-order valence-electron chi connectivity index (χ3n) is 7.49. The summed E-state index contributed by atoms with van der Waals surface area (Å²) >= 11 is 5.99. The van der Waals surface area contributed by atoms with Crippen LogP contribution in [0.25, 0.3) is 0 Å². The summed E-state index contributed by atoms with van der Waals surface area (Å²) in [5, 5.41) is 0.712. The van der Waals surface area contributed by atoms with Crippen LogP contribution in [-0.2, 0) is 24.3 Å². The van der Waals surface area contributed by atoms with Gasteiger partial charge in [-0.25, -0.2) is 4.79 Å². The number of carbonyl (C=O) groups is 2. The van der Waals surface area contributed by atoms with Gasteiger partial charge < -0.3 is 20.4 Å². The van der Waals surface area contributed by atoms with Crippen LogP contribution in [0.1, 0.15) is 29.5 Å². The molecule has 1 aliphatic rings. The van der Waals surface area contributed by atoms with Gasteiger partial charge in [-0.05, 0) is 47.7 Å². The molecular formula is C32H40ClN5O2. The Labute approximate surface area is 243 Å². The van der Waals surface area contributed by atoms with Crippen molar-refractivity contribution in [2.45, 2.75) is 32.4 Å². The zero-order valence-corrected chi connectivity index (χ0v) is 24.1. The molecule has 0 saturated carbocycles. The Bertz CT molecular complexity index is 1240. The smallest absolute Gasteiger partial charge is 0.314 e. The number of hydrogen-bond acceptors (Lipinski definition) is 4. The summed E-state index contributed by atoms with van der Waals surface area (Å²) in [4.78, 5) is 33.0. The van der Waals surface area contributed by atoms with Crippen molar-refractivity contribution in [1.82, 2.24) is 14.7 Å². The number of aryl methyl sites for hydroxylation is 1. The van der Waals surface area contributed by atoms with E-state index >= 15 is 0 Å². The maximum atomic E-state index is 13.0. The van der Waals surface area contributed by atoms with E-state index in [1.54, 1.807) is 11.9 Å². The fraction of sp³-hybridized carbons (Fsp3) is 0.375. The molecular weight excluding hydrogens is 522 g/mol. The molecule has 212 valence electrons. The molecule has 0 radical (unpaired) electrons. The molecule has 1 aliphatic heterocycles. The van der Waals surface area contributed by atoms with Crippen LogP contribution in [0.5, 0.6) is 0 Å². The lowest BCUT2D eigenvalue weighted by molar-refractivity contribution is -0.130. The summed E-state index contributed by atoms with van der Waals surface area (Å²) < 4.78 is 0. The summed E-state index contributed by atoms with van der Waals surface area (Å²) in [6, 6.07) is 26.2. The fourth-order valence-corrected chi connectivity index (χ4v) is 5.25. The van der Waals surface area contributed by atoms with E-state index in [9.17, 15) is 9.59 Å². The number of primary amides is 1. The second kappa shape index (κ2) is 14.7. The number of rotatable bonds is 11. The molecule has 1 fully saturated rings. The largest absolute Gasteiger partial charge is 0.369 e. The molecule has 40 heavy (non-hydrogen) atoms. The van der Waals surface area contributed by atoms with Gasteiger partial charge in [-0.15, -0.1) is 0 Å². The van der Waals surface area contributed by atoms with Crippen molar-refractivity contribution < 1.29 is 9.59 Å². The van der Waals surface area contributed by atoms with E-state index in [1.165, 1.54) is 16.8 Å². The normalized spacial score (nSPS) is 13.8. The van der Waals surface area contributed by atoms with Gasteiger partial charge in [0.2, 0.25) is 5.91 Å². The number of nitrogens with zero attached hydrogens (tertiary/aromatic N) is 4. The maximum absolute atomic E-state index is 13.0. The molecule has 3 amide bonds. The van der Waals surface area contributed by atoms with Gasteiger partial charge in [0.25, 0.3) is 0 Å². The average molecular weight is 562 g/mol. The molecule has 8 heteroatoms. The molecule has 4 rings (SSSR count). The number of carbonyl (C=O) groups excluding carboxylic acids is 2. The van der Waals surface area contributed by atoms with Crippen molar-refractivity contribution >= 4 is 29.2 Å². The van der Waals surface area contributed by atoms with E-state index in [0.29, 0.717) is 31.1 Å². The fourth-order valence-electron chi connectivity index (χ4n) is 5.12. The zero-order valence-electron chi connectivity index (χ0n) is 23.3. The Balaban J connectivity index is 1.40. The van der Waals surface area contributed by atoms with Gasteiger partial charge >= 0.3 is 6.03 Å². The summed E-state index contributed by atoms with van der Waals surface area (Å²) in [5.41, 5.74) is 10.3. The molecule has 3 aromatic carbocycles. The average Bonchev–Trinajstić information content (AvgIpc) is 3.22. The summed E-state index contributed by atoms with van der Waals surface area (Å²) in [6.07, 6.45) is 2.16. The van der Waals surface area contributed by atoms with Crippen LogP contribution in [0.3, 0.4) is 0 Å². The first-order valence-electron chi connectivity index (χ1n) is 14.0. The van der Waals surface area contributed by atoms with Gasteiger partial charge in [0.05, 0.1) is 0 Å². The summed E-state index contributed by atoms with van der Waals surface area (Å²) in [6.45, 7) is 5.98. The van der Waals surface area contributed by atoms with Gasteiger partial charge in [0, 0.05) is 76.5 Å². The lowest BCUT2D eigenvalue weighted by Gasteiger charge is -2.30. The molecule has 0 aromatic heterocycles. The number of para-hydroxylation sites is 1. The summed E-state index contributed by atoms with van der Waals surface area (Å²) in [5.74, 6) is 0.206. The van der Waals surface area contributed by atoms with E-state index in [4.69, 9.17) is 17.3 Å². The van der Waals surface area contributed by atoms with Crippen molar-refractivity contribution in [3.63, 3.8) is 0 Å². The van der Waals surface area contributed by atoms with Gasteiger partial charge in [-0.3, -0.25) is 9.69 Å². The maximum Gasteiger partial charge on any atom is 0.314 e. The number of likely N-dealkylation sites (N-methyl/N-ethyl adjacent to an activating group) is 1.